The Balaban J connectivity index is 2.31. The average Bonchev–Trinajstić information content (AvgIpc) is 2.58. The van der Waals surface area contributed by atoms with Crippen LogP contribution in [-0.2, 0) is 0 Å². The number of hydrogen-bond donors (Lipinski definition) is 1. The van der Waals surface area contributed by atoms with Crippen LogP contribution in [0.15, 0.2) is 36.5 Å². The smallest absolute Gasteiger partial charge is 0.252 e. The summed E-state index contributed by atoms with van der Waals surface area (Å²) in [5, 5.41) is 11.9. The highest BCUT2D eigenvalue weighted by Gasteiger charge is 2.21. The molecule has 7 heteroatoms. The summed E-state index contributed by atoms with van der Waals surface area (Å²) in [5.41, 5.74) is 0.511. The molecular formula is C16H14FN3O3. The van der Waals surface area contributed by atoms with E-state index in [9.17, 15) is 14.4 Å². The van der Waals surface area contributed by atoms with E-state index in [2.05, 4.69) is 10.3 Å². The number of ether oxygens (including phenoxy) is 2. The molecule has 1 atom stereocenters. The summed E-state index contributed by atoms with van der Waals surface area (Å²) in [6.45, 7) is 0. The molecule has 0 radical (unpaired) electrons. The van der Waals surface area contributed by atoms with Gasteiger partial charge in [-0.25, -0.2) is 4.98 Å². The molecular weight excluding hydrogens is 301 g/mol. The largest absolute Gasteiger partial charge is 0.493 e. The third-order valence-electron chi connectivity index (χ3n) is 3.14. The van der Waals surface area contributed by atoms with Gasteiger partial charge in [0.25, 0.3) is 5.91 Å². The van der Waals surface area contributed by atoms with Crippen molar-refractivity contribution in [2.75, 3.05) is 14.2 Å². The number of rotatable bonds is 5. The Hall–Kier alpha value is -3.14. The number of benzene rings is 1. The standard InChI is InChI=1S/C16H14FN3O3/c1-22-13-5-3-4-11(15(13)23-2)12(9-18)20-16(21)10-6-7-19-14(17)8-10/h3-8,12H,1-2H3,(H,20,21)/t12-/m0/s1. The third kappa shape index (κ3) is 3.55. The number of amides is 1. The second kappa shape index (κ2) is 7.22. The molecule has 0 saturated carbocycles. The highest BCUT2D eigenvalue weighted by Crippen LogP contribution is 2.34. The Labute approximate surface area is 132 Å². The molecule has 118 valence electrons. The number of para-hydroxylation sites is 1. The fourth-order valence-electron chi connectivity index (χ4n) is 2.08. The van der Waals surface area contributed by atoms with Gasteiger partial charge in [0.2, 0.25) is 5.95 Å². The molecule has 0 aliphatic heterocycles. The van der Waals surface area contributed by atoms with Crippen LogP contribution in [-0.4, -0.2) is 25.1 Å². The zero-order valence-electron chi connectivity index (χ0n) is 12.5. The maximum atomic E-state index is 13.1. The summed E-state index contributed by atoms with van der Waals surface area (Å²) in [6.07, 6.45) is 1.18. The maximum Gasteiger partial charge on any atom is 0.252 e. The monoisotopic (exact) mass is 315 g/mol. The molecule has 1 heterocycles. The van der Waals surface area contributed by atoms with Crippen LogP contribution in [0.2, 0.25) is 0 Å². The number of halogens is 1. The lowest BCUT2D eigenvalue weighted by atomic mass is 10.1. The molecule has 0 aliphatic carbocycles. The number of aromatic nitrogens is 1. The lowest BCUT2D eigenvalue weighted by Crippen LogP contribution is -2.28. The molecule has 0 saturated heterocycles. The number of carbonyl (C=O) groups is 1. The zero-order chi connectivity index (χ0) is 16.8. The second-order valence-corrected chi connectivity index (χ2v) is 4.49. The summed E-state index contributed by atoms with van der Waals surface area (Å²) in [4.78, 5) is 15.5. The number of nitrogens with one attached hydrogen (secondary N) is 1. The van der Waals surface area contributed by atoms with Crippen LogP contribution < -0.4 is 14.8 Å². The lowest BCUT2D eigenvalue weighted by molar-refractivity contribution is 0.0944. The number of methoxy groups -OCH3 is 2. The van der Waals surface area contributed by atoms with Gasteiger partial charge in [-0.2, -0.15) is 9.65 Å². The average molecular weight is 315 g/mol. The van der Waals surface area contributed by atoms with Crippen molar-refractivity contribution in [1.82, 2.24) is 10.3 Å². The first-order chi connectivity index (χ1) is 11.1. The molecule has 0 bridgehead atoms. The predicted octanol–water partition coefficient (Wildman–Crippen LogP) is 2.23. The second-order valence-electron chi connectivity index (χ2n) is 4.49. The van der Waals surface area contributed by atoms with Crippen LogP contribution in [0, 0.1) is 17.3 Å². The van der Waals surface area contributed by atoms with Crippen molar-refractivity contribution >= 4 is 5.91 Å². The molecule has 0 aliphatic rings. The quantitative estimate of drug-likeness (QED) is 0.855. The van der Waals surface area contributed by atoms with Crippen molar-refractivity contribution < 1.29 is 18.7 Å². The van der Waals surface area contributed by atoms with Crippen LogP contribution in [0.4, 0.5) is 4.39 Å². The molecule has 2 rings (SSSR count). The summed E-state index contributed by atoms with van der Waals surface area (Å²) < 4.78 is 23.5. The molecule has 23 heavy (non-hydrogen) atoms. The molecule has 1 aromatic heterocycles. The maximum absolute atomic E-state index is 13.1. The molecule has 0 spiro atoms. The van der Waals surface area contributed by atoms with Crippen molar-refractivity contribution in [3.8, 4) is 17.6 Å². The van der Waals surface area contributed by atoms with E-state index in [1.165, 1.54) is 26.5 Å². The van der Waals surface area contributed by atoms with Gasteiger partial charge in [0, 0.05) is 23.4 Å². The number of nitriles is 1. The van der Waals surface area contributed by atoms with Crippen molar-refractivity contribution in [3.05, 3.63) is 53.6 Å². The minimum absolute atomic E-state index is 0.0691. The van der Waals surface area contributed by atoms with E-state index in [1.54, 1.807) is 18.2 Å². The molecule has 1 aromatic carbocycles. The van der Waals surface area contributed by atoms with Gasteiger partial charge in [0.1, 0.15) is 6.04 Å². The summed E-state index contributed by atoms with van der Waals surface area (Å²) >= 11 is 0. The van der Waals surface area contributed by atoms with E-state index in [0.29, 0.717) is 17.1 Å². The summed E-state index contributed by atoms with van der Waals surface area (Å²) in [6, 6.07) is 8.35. The topological polar surface area (TPSA) is 84.2 Å². The van der Waals surface area contributed by atoms with Gasteiger partial charge in [-0.15, -0.1) is 0 Å². The minimum atomic E-state index is -0.983. The van der Waals surface area contributed by atoms with Gasteiger partial charge in [-0.3, -0.25) is 4.79 Å². The van der Waals surface area contributed by atoms with Crippen molar-refractivity contribution in [2.45, 2.75) is 6.04 Å². The van der Waals surface area contributed by atoms with Gasteiger partial charge in [0.05, 0.1) is 20.3 Å². The number of carbonyl (C=O) groups excluding carboxylic acids is 1. The van der Waals surface area contributed by atoms with Crippen LogP contribution in [0.1, 0.15) is 22.0 Å². The normalized spacial score (nSPS) is 11.2. The van der Waals surface area contributed by atoms with E-state index < -0.39 is 17.9 Å². The molecule has 0 fully saturated rings. The van der Waals surface area contributed by atoms with E-state index in [0.717, 1.165) is 6.07 Å². The van der Waals surface area contributed by atoms with E-state index in [4.69, 9.17) is 9.47 Å². The number of nitrogens with zero attached hydrogens (tertiary/aromatic N) is 2. The van der Waals surface area contributed by atoms with Crippen molar-refractivity contribution in [3.63, 3.8) is 0 Å². The van der Waals surface area contributed by atoms with E-state index >= 15 is 0 Å². The molecule has 6 nitrogen and oxygen atoms in total. The lowest BCUT2D eigenvalue weighted by Gasteiger charge is -2.17. The van der Waals surface area contributed by atoms with Crippen molar-refractivity contribution in [1.29, 1.82) is 5.26 Å². The fraction of sp³-hybridized carbons (Fsp3) is 0.188. The Kier molecular flexibility index (Phi) is 5.10. The molecule has 1 N–H and O–H groups in total. The zero-order valence-corrected chi connectivity index (χ0v) is 12.5. The van der Waals surface area contributed by atoms with E-state index in [1.807, 2.05) is 6.07 Å². The van der Waals surface area contributed by atoms with E-state index in [-0.39, 0.29) is 5.56 Å². The highest BCUT2D eigenvalue weighted by atomic mass is 19.1. The minimum Gasteiger partial charge on any atom is -0.493 e. The summed E-state index contributed by atoms with van der Waals surface area (Å²) in [7, 11) is 2.91. The van der Waals surface area contributed by atoms with Gasteiger partial charge < -0.3 is 14.8 Å². The number of hydrogen-bond acceptors (Lipinski definition) is 5. The van der Waals surface area contributed by atoms with Gasteiger partial charge in [-0.05, 0) is 12.1 Å². The SMILES string of the molecule is COc1cccc([C@H](C#N)NC(=O)c2ccnc(F)c2)c1OC. The fourth-order valence-corrected chi connectivity index (χ4v) is 2.08. The van der Waals surface area contributed by atoms with Crippen LogP contribution in [0.25, 0.3) is 0 Å². The van der Waals surface area contributed by atoms with Crippen LogP contribution in [0.3, 0.4) is 0 Å². The van der Waals surface area contributed by atoms with Gasteiger partial charge in [0.15, 0.2) is 11.5 Å². The first-order valence-corrected chi connectivity index (χ1v) is 6.63. The first-order valence-electron chi connectivity index (χ1n) is 6.63. The predicted molar refractivity (Wildman–Crippen MR) is 79.6 cm³/mol. The summed E-state index contributed by atoms with van der Waals surface area (Å²) in [5.74, 6) is -0.579. The molecule has 2 aromatic rings. The Morgan fingerprint density at radius 1 is 1.35 bits per heavy atom. The van der Waals surface area contributed by atoms with Crippen LogP contribution in [0.5, 0.6) is 11.5 Å². The highest BCUT2D eigenvalue weighted by molar-refractivity contribution is 5.94. The Morgan fingerprint density at radius 2 is 2.13 bits per heavy atom. The third-order valence-corrected chi connectivity index (χ3v) is 3.14. The van der Waals surface area contributed by atoms with Gasteiger partial charge >= 0.3 is 0 Å². The molecule has 0 unspecified atom stereocenters. The van der Waals surface area contributed by atoms with Gasteiger partial charge in [-0.1, -0.05) is 12.1 Å². The Bertz CT molecular complexity index is 758. The van der Waals surface area contributed by atoms with Crippen LogP contribution >= 0.6 is 0 Å². The number of pyridine rings is 1. The first kappa shape index (κ1) is 16.2. The molecule has 1 amide bonds. The van der Waals surface area contributed by atoms with Crippen molar-refractivity contribution in [2.24, 2.45) is 0 Å². The Morgan fingerprint density at radius 3 is 2.74 bits per heavy atom.